The van der Waals surface area contributed by atoms with E-state index < -0.39 is 0 Å². The first-order valence-corrected chi connectivity index (χ1v) is 9.71. The zero-order valence-corrected chi connectivity index (χ0v) is 16.5. The minimum atomic E-state index is -0.337. The fraction of sp³-hybridized carbons (Fsp3) is 0.667. The monoisotopic (exact) mass is 385 g/mol. The Morgan fingerprint density at radius 2 is 2.00 bits per heavy atom. The number of thiophene rings is 1. The van der Waals surface area contributed by atoms with Crippen LogP contribution in [0, 0.1) is 5.92 Å². The summed E-state index contributed by atoms with van der Waals surface area (Å²) in [5, 5.41) is 3.73. The van der Waals surface area contributed by atoms with Gasteiger partial charge in [-0.1, -0.05) is 26.2 Å². The summed E-state index contributed by atoms with van der Waals surface area (Å²) < 4.78 is 4.98. The molecule has 2 heterocycles. The summed E-state index contributed by atoms with van der Waals surface area (Å²) in [5.74, 6) is -0.197. The number of amides is 1. The summed E-state index contributed by atoms with van der Waals surface area (Å²) in [6.07, 6.45) is 6.20. The van der Waals surface area contributed by atoms with E-state index in [4.69, 9.17) is 4.74 Å². The molecule has 2 aliphatic rings. The number of anilines is 1. The van der Waals surface area contributed by atoms with Crippen LogP contribution in [0.4, 0.5) is 5.00 Å². The first-order valence-electron chi connectivity index (χ1n) is 8.90. The number of nitrogens with one attached hydrogen (secondary N) is 1. The van der Waals surface area contributed by atoms with Crippen molar-refractivity contribution in [3.63, 3.8) is 0 Å². The Kier molecular flexibility index (Phi) is 7.28. The molecule has 0 unspecified atom stereocenters. The first kappa shape index (κ1) is 20.2. The van der Waals surface area contributed by atoms with E-state index in [-0.39, 0.29) is 30.2 Å². The number of ether oxygens (including phenoxy) is 1. The Morgan fingerprint density at radius 3 is 2.64 bits per heavy atom. The van der Waals surface area contributed by atoms with Crippen LogP contribution in [0.5, 0.6) is 0 Å². The lowest BCUT2D eigenvalue weighted by Crippen LogP contribution is -3.00. The second-order valence-electron chi connectivity index (χ2n) is 6.64. The quantitative estimate of drug-likeness (QED) is 0.764. The highest BCUT2D eigenvalue weighted by atomic mass is 35.5. The van der Waals surface area contributed by atoms with Crippen molar-refractivity contribution in [3.05, 3.63) is 16.0 Å². The van der Waals surface area contributed by atoms with Gasteiger partial charge >= 0.3 is 5.97 Å². The molecule has 1 aliphatic heterocycles. The number of carbonyl (C=O) groups excluding carboxylic acids is 2. The van der Waals surface area contributed by atoms with Crippen molar-refractivity contribution in [2.75, 3.05) is 25.5 Å². The summed E-state index contributed by atoms with van der Waals surface area (Å²) in [6.45, 7) is 4.93. The smallest absolute Gasteiger partial charge is 0.341 e. The molecule has 7 heteroatoms. The van der Waals surface area contributed by atoms with Crippen molar-refractivity contribution in [1.82, 2.24) is 4.90 Å². The number of methoxy groups -OCH3 is 1. The van der Waals surface area contributed by atoms with Crippen LogP contribution in [-0.2, 0) is 22.5 Å². The minimum absolute atomic E-state index is 0. The highest BCUT2D eigenvalue weighted by Gasteiger charge is 2.30. The van der Waals surface area contributed by atoms with Crippen molar-refractivity contribution < 1.29 is 26.7 Å². The van der Waals surface area contributed by atoms with Crippen LogP contribution in [0.3, 0.4) is 0 Å². The van der Waals surface area contributed by atoms with Crippen molar-refractivity contribution in [2.24, 2.45) is 5.92 Å². The molecule has 1 saturated carbocycles. The molecular formula is C18H26ClN2O3S-. The lowest BCUT2D eigenvalue weighted by molar-refractivity contribution is -0.120. The summed E-state index contributed by atoms with van der Waals surface area (Å²) in [7, 11) is 1.40. The molecule has 1 aliphatic carbocycles. The number of fused-ring (bicyclic) bond motifs is 1. The molecule has 1 aromatic rings. The normalized spacial score (nSPS) is 18.2. The van der Waals surface area contributed by atoms with Gasteiger partial charge in [-0.25, -0.2) is 4.79 Å². The van der Waals surface area contributed by atoms with Gasteiger partial charge in [0.05, 0.1) is 12.7 Å². The molecule has 0 spiro atoms. The average Bonchev–Trinajstić information content (AvgIpc) is 2.98. The third-order valence-corrected chi connectivity index (χ3v) is 6.32. The summed E-state index contributed by atoms with van der Waals surface area (Å²) in [4.78, 5) is 28.4. The van der Waals surface area contributed by atoms with E-state index >= 15 is 0 Å². The summed E-state index contributed by atoms with van der Waals surface area (Å²) >= 11 is 1.54. The SMILES string of the molecule is CCN1CCc2c(sc(NC(=O)C3CCCCC3)c2C(=O)OC)C1.[Cl-]. The Balaban J connectivity index is 0.00000225. The largest absolute Gasteiger partial charge is 1.00 e. The number of esters is 1. The third-order valence-electron chi connectivity index (χ3n) is 5.19. The number of nitrogens with zero attached hydrogens (tertiary/aromatic N) is 1. The Morgan fingerprint density at radius 1 is 1.28 bits per heavy atom. The maximum atomic E-state index is 12.6. The lowest BCUT2D eigenvalue weighted by atomic mass is 9.88. The second-order valence-corrected chi connectivity index (χ2v) is 7.75. The first-order chi connectivity index (χ1) is 11.6. The maximum Gasteiger partial charge on any atom is 0.341 e. The van der Waals surface area contributed by atoms with Gasteiger partial charge in [0.15, 0.2) is 0 Å². The number of hydrogen-bond acceptors (Lipinski definition) is 5. The van der Waals surface area contributed by atoms with Crippen molar-refractivity contribution in [3.8, 4) is 0 Å². The molecule has 140 valence electrons. The van der Waals surface area contributed by atoms with Crippen molar-refractivity contribution in [2.45, 2.75) is 52.0 Å². The van der Waals surface area contributed by atoms with Crippen LogP contribution in [0.2, 0.25) is 0 Å². The third kappa shape index (κ3) is 4.36. The van der Waals surface area contributed by atoms with E-state index in [2.05, 4.69) is 17.1 Å². The van der Waals surface area contributed by atoms with E-state index in [0.717, 1.165) is 57.3 Å². The number of likely N-dealkylation sites (N-methyl/N-ethyl adjacent to an activating group) is 1. The van der Waals surface area contributed by atoms with E-state index in [0.29, 0.717) is 10.6 Å². The molecule has 1 aromatic heterocycles. The molecule has 1 amide bonds. The summed E-state index contributed by atoms with van der Waals surface area (Å²) in [6, 6.07) is 0. The number of rotatable bonds is 4. The Labute approximate surface area is 159 Å². The molecule has 25 heavy (non-hydrogen) atoms. The molecule has 0 aromatic carbocycles. The van der Waals surface area contributed by atoms with Gasteiger partial charge in [-0.05, 0) is 31.4 Å². The predicted octanol–water partition coefficient (Wildman–Crippen LogP) is 0.436. The Hall–Kier alpha value is -1.11. The van der Waals surface area contributed by atoms with E-state index in [1.165, 1.54) is 18.4 Å². The molecule has 0 saturated heterocycles. The summed E-state index contributed by atoms with van der Waals surface area (Å²) in [5.41, 5.74) is 1.65. The molecular weight excluding hydrogens is 360 g/mol. The van der Waals surface area contributed by atoms with Crippen LogP contribution in [0.1, 0.15) is 59.8 Å². The number of halogens is 1. The fourth-order valence-corrected chi connectivity index (χ4v) is 4.99. The van der Waals surface area contributed by atoms with Gasteiger partial charge < -0.3 is 22.5 Å². The van der Waals surface area contributed by atoms with E-state index in [9.17, 15) is 9.59 Å². The van der Waals surface area contributed by atoms with Gasteiger partial charge in [0.1, 0.15) is 5.00 Å². The topological polar surface area (TPSA) is 58.6 Å². The van der Waals surface area contributed by atoms with Gasteiger partial charge in [-0.15, -0.1) is 11.3 Å². The van der Waals surface area contributed by atoms with Crippen molar-refractivity contribution in [1.29, 1.82) is 0 Å². The fourth-order valence-electron chi connectivity index (χ4n) is 3.71. The van der Waals surface area contributed by atoms with Gasteiger partial charge in [0.2, 0.25) is 5.91 Å². The Bertz CT molecular complexity index is 626. The van der Waals surface area contributed by atoms with Gasteiger partial charge in [0, 0.05) is 23.9 Å². The molecule has 5 nitrogen and oxygen atoms in total. The lowest BCUT2D eigenvalue weighted by Gasteiger charge is -2.25. The minimum Gasteiger partial charge on any atom is -1.00 e. The standard InChI is InChI=1S/C18H26N2O3S.ClH/c1-3-20-10-9-13-14(11-20)24-17(15(13)18(22)23-2)19-16(21)12-7-5-4-6-8-12;/h12H,3-11H2,1-2H3,(H,19,21);1H/p-1. The average molecular weight is 386 g/mol. The van der Waals surface area contributed by atoms with Crippen LogP contribution in [-0.4, -0.2) is 37.0 Å². The second kappa shape index (κ2) is 9.01. The van der Waals surface area contributed by atoms with Crippen molar-refractivity contribution >= 4 is 28.2 Å². The van der Waals surface area contributed by atoms with Crippen LogP contribution >= 0.6 is 11.3 Å². The molecule has 0 atom stereocenters. The van der Waals surface area contributed by atoms with Gasteiger partial charge in [0.25, 0.3) is 0 Å². The van der Waals surface area contributed by atoms with Crippen LogP contribution in [0.15, 0.2) is 0 Å². The zero-order valence-electron chi connectivity index (χ0n) is 14.9. The number of carbonyl (C=O) groups is 2. The highest BCUT2D eigenvalue weighted by Crippen LogP contribution is 2.38. The zero-order chi connectivity index (χ0) is 17.1. The van der Waals surface area contributed by atoms with Crippen LogP contribution in [0.25, 0.3) is 0 Å². The molecule has 0 bridgehead atoms. The van der Waals surface area contributed by atoms with Crippen LogP contribution < -0.4 is 17.7 Å². The molecule has 0 radical (unpaired) electrons. The maximum absolute atomic E-state index is 12.6. The van der Waals surface area contributed by atoms with E-state index in [1.807, 2.05) is 0 Å². The predicted molar refractivity (Wildman–Crippen MR) is 95.5 cm³/mol. The van der Waals surface area contributed by atoms with Gasteiger partial charge in [-0.3, -0.25) is 9.69 Å². The molecule has 3 rings (SSSR count). The number of hydrogen-bond donors (Lipinski definition) is 1. The van der Waals surface area contributed by atoms with Gasteiger partial charge in [-0.2, -0.15) is 0 Å². The van der Waals surface area contributed by atoms with E-state index in [1.54, 1.807) is 11.3 Å². The highest BCUT2D eigenvalue weighted by molar-refractivity contribution is 7.17. The molecule has 1 N–H and O–H groups in total. The molecule has 1 fully saturated rings.